The number of imide groups is 1. The molecular weight excluding hydrogens is 404 g/mol. The molecule has 2 aromatic rings. The van der Waals surface area contributed by atoms with E-state index in [1.165, 1.54) is 4.90 Å². The fourth-order valence-electron chi connectivity index (χ4n) is 3.62. The van der Waals surface area contributed by atoms with Gasteiger partial charge in [-0.05, 0) is 48.4 Å². The van der Waals surface area contributed by atoms with Crippen LogP contribution in [-0.2, 0) is 14.3 Å². The van der Waals surface area contributed by atoms with Gasteiger partial charge in [0.05, 0.1) is 31.1 Å². The van der Waals surface area contributed by atoms with Crippen LogP contribution in [0, 0.1) is 0 Å². The summed E-state index contributed by atoms with van der Waals surface area (Å²) in [6.45, 7) is 4.82. The largest absolute Gasteiger partial charge is 0.494 e. The monoisotopic (exact) mass is 426 g/mol. The summed E-state index contributed by atoms with van der Waals surface area (Å²) >= 11 is 5.98. The Balaban J connectivity index is 1.74. The van der Waals surface area contributed by atoms with Crippen LogP contribution in [0.5, 0.6) is 5.75 Å². The third-order valence-electron chi connectivity index (χ3n) is 5.09. The van der Waals surface area contributed by atoms with E-state index in [0.29, 0.717) is 60.5 Å². The van der Waals surface area contributed by atoms with Gasteiger partial charge in [-0.3, -0.25) is 9.59 Å². The molecule has 1 saturated heterocycles. The van der Waals surface area contributed by atoms with E-state index in [1.54, 1.807) is 24.3 Å². The van der Waals surface area contributed by atoms with E-state index >= 15 is 0 Å². The number of ether oxygens (including phenoxy) is 2. The zero-order valence-corrected chi connectivity index (χ0v) is 17.5. The lowest BCUT2D eigenvalue weighted by atomic mass is 10.0. The van der Waals surface area contributed by atoms with Gasteiger partial charge in [0, 0.05) is 18.1 Å². The van der Waals surface area contributed by atoms with Gasteiger partial charge < -0.3 is 14.4 Å². The molecule has 0 bridgehead atoms. The molecule has 0 atom stereocenters. The van der Waals surface area contributed by atoms with E-state index in [9.17, 15) is 9.59 Å². The molecule has 0 aliphatic carbocycles. The van der Waals surface area contributed by atoms with Crippen molar-refractivity contribution in [3.63, 3.8) is 0 Å². The zero-order valence-electron chi connectivity index (χ0n) is 16.8. The zero-order chi connectivity index (χ0) is 21.1. The first-order valence-corrected chi connectivity index (χ1v) is 10.4. The Morgan fingerprint density at radius 2 is 1.63 bits per heavy atom. The number of anilines is 1. The predicted molar refractivity (Wildman–Crippen MR) is 115 cm³/mol. The molecule has 0 N–H and O–H groups in total. The van der Waals surface area contributed by atoms with Crippen LogP contribution in [0.4, 0.5) is 5.69 Å². The summed E-state index contributed by atoms with van der Waals surface area (Å²) in [5, 5.41) is 0.544. The normalized spacial score (nSPS) is 17.1. The number of benzene rings is 2. The number of halogens is 1. The summed E-state index contributed by atoms with van der Waals surface area (Å²) < 4.78 is 11.1. The van der Waals surface area contributed by atoms with Crippen LogP contribution in [0.2, 0.25) is 5.02 Å². The van der Waals surface area contributed by atoms with Crippen LogP contribution in [0.15, 0.2) is 54.2 Å². The Morgan fingerprint density at radius 1 is 0.967 bits per heavy atom. The second kappa shape index (κ2) is 8.90. The minimum absolute atomic E-state index is 0.328. The van der Waals surface area contributed by atoms with Gasteiger partial charge in [-0.15, -0.1) is 0 Å². The SMILES string of the molecule is CCCOc1ccc(C2=C(N3CCOCC3)C(=O)N(c3ccc(Cl)cc3)C2=O)cc1. The van der Waals surface area contributed by atoms with Gasteiger partial charge in [0.2, 0.25) is 0 Å². The highest BCUT2D eigenvalue weighted by Crippen LogP contribution is 2.36. The number of hydrogen-bond acceptors (Lipinski definition) is 5. The van der Waals surface area contributed by atoms with Gasteiger partial charge in [0.15, 0.2) is 0 Å². The maximum absolute atomic E-state index is 13.4. The Labute approximate surface area is 180 Å². The molecule has 156 valence electrons. The molecule has 2 heterocycles. The second-order valence-electron chi connectivity index (χ2n) is 7.12. The van der Waals surface area contributed by atoms with Gasteiger partial charge in [0.25, 0.3) is 11.8 Å². The van der Waals surface area contributed by atoms with Crippen LogP contribution in [-0.4, -0.2) is 49.6 Å². The lowest BCUT2D eigenvalue weighted by Gasteiger charge is -2.29. The van der Waals surface area contributed by atoms with Crippen molar-refractivity contribution in [1.82, 2.24) is 4.90 Å². The molecule has 7 heteroatoms. The number of rotatable bonds is 6. The average Bonchev–Trinajstić information content (AvgIpc) is 3.04. The van der Waals surface area contributed by atoms with Crippen LogP contribution in [0.3, 0.4) is 0 Å². The molecular formula is C23H23ClN2O4. The van der Waals surface area contributed by atoms with Crippen molar-refractivity contribution in [3.8, 4) is 5.75 Å². The van der Waals surface area contributed by atoms with Crippen molar-refractivity contribution in [2.45, 2.75) is 13.3 Å². The lowest BCUT2D eigenvalue weighted by Crippen LogP contribution is -2.40. The molecule has 30 heavy (non-hydrogen) atoms. The van der Waals surface area contributed by atoms with E-state index in [-0.39, 0.29) is 11.8 Å². The number of carbonyl (C=O) groups excluding carboxylic acids is 2. The highest BCUT2D eigenvalue weighted by molar-refractivity contribution is 6.45. The van der Waals surface area contributed by atoms with Crippen LogP contribution in [0.1, 0.15) is 18.9 Å². The van der Waals surface area contributed by atoms with Crippen molar-refractivity contribution >= 4 is 34.7 Å². The highest BCUT2D eigenvalue weighted by atomic mass is 35.5. The lowest BCUT2D eigenvalue weighted by molar-refractivity contribution is -0.121. The topological polar surface area (TPSA) is 59.1 Å². The predicted octanol–water partition coefficient (Wildman–Crippen LogP) is 3.75. The minimum Gasteiger partial charge on any atom is -0.494 e. The number of carbonyl (C=O) groups is 2. The maximum Gasteiger partial charge on any atom is 0.282 e. The fraction of sp³-hybridized carbons (Fsp3) is 0.304. The molecule has 2 amide bonds. The Bertz CT molecular complexity index is 964. The van der Waals surface area contributed by atoms with Crippen molar-refractivity contribution in [3.05, 3.63) is 64.8 Å². The van der Waals surface area contributed by atoms with Crippen molar-refractivity contribution < 1.29 is 19.1 Å². The molecule has 2 aliphatic rings. The number of morpholine rings is 1. The van der Waals surface area contributed by atoms with E-state index in [2.05, 4.69) is 0 Å². The van der Waals surface area contributed by atoms with Crippen LogP contribution >= 0.6 is 11.6 Å². The first kappa shape index (κ1) is 20.4. The summed E-state index contributed by atoms with van der Waals surface area (Å²) in [6, 6.07) is 14.0. The first-order chi connectivity index (χ1) is 14.6. The molecule has 1 fully saturated rings. The van der Waals surface area contributed by atoms with Crippen molar-refractivity contribution in [2.75, 3.05) is 37.8 Å². The summed E-state index contributed by atoms with van der Waals surface area (Å²) in [7, 11) is 0. The van der Waals surface area contributed by atoms with E-state index in [0.717, 1.165) is 12.2 Å². The molecule has 2 aromatic carbocycles. The summed E-state index contributed by atoms with van der Waals surface area (Å²) in [5.41, 5.74) is 2.01. The second-order valence-corrected chi connectivity index (χ2v) is 7.55. The van der Waals surface area contributed by atoms with Gasteiger partial charge in [-0.1, -0.05) is 30.7 Å². The first-order valence-electron chi connectivity index (χ1n) is 10.0. The van der Waals surface area contributed by atoms with E-state index < -0.39 is 0 Å². The molecule has 6 nitrogen and oxygen atoms in total. The number of amides is 2. The van der Waals surface area contributed by atoms with Crippen LogP contribution < -0.4 is 9.64 Å². The molecule has 0 unspecified atom stereocenters. The quantitative estimate of drug-likeness (QED) is 0.658. The van der Waals surface area contributed by atoms with Gasteiger partial charge >= 0.3 is 0 Å². The molecule has 0 aromatic heterocycles. The average molecular weight is 427 g/mol. The summed E-state index contributed by atoms with van der Waals surface area (Å²) in [6.07, 6.45) is 0.914. The maximum atomic E-state index is 13.4. The third kappa shape index (κ3) is 3.93. The molecule has 2 aliphatic heterocycles. The van der Waals surface area contributed by atoms with E-state index in [4.69, 9.17) is 21.1 Å². The Kier molecular flexibility index (Phi) is 6.06. The Morgan fingerprint density at radius 3 is 2.27 bits per heavy atom. The number of hydrogen-bond donors (Lipinski definition) is 0. The number of nitrogens with zero attached hydrogens (tertiary/aromatic N) is 2. The van der Waals surface area contributed by atoms with E-state index in [1.807, 2.05) is 36.1 Å². The summed E-state index contributed by atoms with van der Waals surface area (Å²) in [5.74, 6) is 0.0667. The smallest absolute Gasteiger partial charge is 0.282 e. The summed E-state index contributed by atoms with van der Waals surface area (Å²) in [4.78, 5) is 30.0. The molecule has 0 saturated carbocycles. The molecule has 4 rings (SSSR count). The van der Waals surface area contributed by atoms with Gasteiger partial charge in [-0.2, -0.15) is 0 Å². The van der Waals surface area contributed by atoms with Gasteiger partial charge in [0.1, 0.15) is 11.4 Å². The third-order valence-corrected chi connectivity index (χ3v) is 5.34. The Hall–Kier alpha value is -2.83. The fourth-order valence-corrected chi connectivity index (χ4v) is 3.75. The highest BCUT2D eigenvalue weighted by Gasteiger charge is 2.42. The van der Waals surface area contributed by atoms with Crippen molar-refractivity contribution in [1.29, 1.82) is 0 Å². The molecule has 0 radical (unpaired) electrons. The van der Waals surface area contributed by atoms with Crippen LogP contribution in [0.25, 0.3) is 5.57 Å². The minimum atomic E-state index is -0.342. The molecule has 0 spiro atoms. The standard InChI is InChI=1S/C23H23ClN2O4/c1-2-13-30-19-9-3-16(4-10-19)20-21(25-11-14-29-15-12-25)23(28)26(22(20)27)18-7-5-17(24)6-8-18/h3-10H,2,11-15H2,1H3. The van der Waals surface area contributed by atoms with Crippen molar-refractivity contribution in [2.24, 2.45) is 0 Å². The van der Waals surface area contributed by atoms with Gasteiger partial charge in [-0.25, -0.2) is 4.90 Å².